The highest BCUT2D eigenvalue weighted by Crippen LogP contribution is 2.13. The maximum absolute atomic E-state index is 13.0. The van der Waals surface area contributed by atoms with E-state index in [-0.39, 0.29) is 11.6 Å². The van der Waals surface area contributed by atoms with Crippen molar-refractivity contribution >= 4 is 11.6 Å². The maximum Gasteiger partial charge on any atom is 0.225 e. The van der Waals surface area contributed by atoms with Crippen LogP contribution in [0.2, 0.25) is 0 Å². The van der Waals surface area contributed by atoms with E-state index in [0.29, 0.717) is 13.0 Å². The first-order valence-corrected chi connectivity index (χ1v) is 7.04. The summed E-state index contributed by atoms with van der Waals surface area (Å²) in [7, 11) is 0. The molecule has 3 nitrogen and oxygen atoms in total. The van der Waals surface area contributed by atoms with Crippen LogP contribution in [0.15, 0.2) is 18.2 Å². The second-order valence-corrected chi connectivity index (χ2v) is 4.77. The van der Waals surface area contributed by atoms with Gasteiger partial charge in [0.2, 0.25) is 5.91 Å². The van der Waals surface area contributed by atoms with E-state index in [1.54, 1.807) is 0 Å². The molecule has 0 aliphatic rings. The van der Waals surface area contributed by atoms with Crippen molar-refractivity contribution in [3.63, 3.8) is 0 Å². The van der Waals surface area contributed by atoms with Gasteiger partial charge in [-0.2, -0.15) is 0 Å². The van der Waals surface area contributed by atoms with Crippen LogP contribution in [-0.4, -0.2) is 30.4 Å². The van der Waals surface area contributed by atoms with Crippen molar-refractivity contribution in [2.45, 2.75) is 33.1 Å². The standard InChI is InChI=1S/C15H22F2N2O/c1-3-8-19(9-4-2)10-7-15(20)18-12-5-6-13(16)14(17)11-12/h5-6,11H,3-4,7-10H2,1-2H3,(H,18,20). The van der Waals surface area contributed by atoms with Crippen molar-refractivity contribution in [1.82, 2.24) is 4.90 Å². The van der Waals surface area contributed by atoms with Gasteiger partial charge in [0.1, 0.15) is 0 Å². The molecule has 0 heterocycles. The van der Waals surface area contributed by atoms with E-state index in [9.17, 15) is 13.6 Å². The number of nitrogens with one attached hydrogen (secondary N) is 1. The van der Waals surface area contributed by atoms with Gasteiger partial charge in [0, 0.05) is 24.7 Å². The molecular weight excluding hydrogens is 262 g/mol. The second-order valence-electron chi connectivity index (χ2n) is 4.77. The van der Waals surface area contributed by atoms with Gasteiger partial charge in [0.15, 0.2) is 11.6 Å². The number of nitrogens with zero attached hydrogens (tertiary/aromatic N) is 1. The van der Waals surface area contributed by atoms with Gasteiger partial charge in [-0.3, -0.25) is 4.79 Å². The number of hydrogen-bond donors (Lipinski definition) is 1. The molecule has 20 heavy (non-hydrogen) atoms. The number of hydrogen-bond acceptors (Lipinski definition) is 2. The normalized spacial score (nSPS) is 10.8. The molecule has 0 saturated carbocycles. The minimum Gasteiger partial charge on any atom is -0.326 e. The fraction of sp³-hybridized carbons (Fsp3) is 0.533. The molecule has 0 fully saturated rings. The molecule has 5 heteroatoms. The van der Waals surface area contributed by atoms with Crippen molar-refractivity contribution in [3.05, 3.63) is 29.8 Å². The smallest absolute Gasteiger partial charge is 0.225 e. The van der Waals surface area contributed by atoms with E-state index < -0.39 is 11.6 Å². The Morgan fingerprint density at radius 1 is 1.10 bits per heavy atom. The average Bonchev–Trinajstić information content (AvgIpc) is 2.41. The average molecular weight is 284 g/mol. The second kappa shape index (κ2) is 8.64. The van der Waals surface area contributed by atoms with Crippen LogP contribution in [0.1, 0.15) is 33.1 Å². The Bertz CT molecular complexity index is 432. The van der Waals surface area contributed by atoms with Gasteiger partial charge < -0.3 is 10.2 Å². The molecule has 0 radical (unpaired) electrons. The van der Waals surface area contributed by atoms with Crippen molar-refractivity contribution in [2.75, 3.05) is 25.0 Å². The van der Waals surface area contributed by atoms with E-state index >= 15 is 0 Å². The highest BCUT2D eigenvalue weighted by Gasteiger charge is 2.09. The predicted molar refractivity (Wildman–Crippen MR) is 76.6 cm³/mol. The van der Waals surface area contributed by atoms with Crippen LogP contribution in [0.4, 0.5) is 14.5 Å². The molecule has 0 aliphatic carbocycles. The van der Waals surface area contributed by atoms with Gasteiger partial charge >= 0.3 is 0 Å². The Labute approximate surface area is 119 Å². The van der Waals surface area contributed by atoms with Crippen LogP contribution in [0, 0.1) is 11.6 Å². The fourth-order valence-electron chi connectivity index (χ4n) is 2.02. The zero-order valence-electron chi connectivity index (χ0n) is 12.1. The first-order valence-electron chi connectivity index (χ1n) is 7.04. The van der Waals surface area contributed by atoms with Gasteiger partial charge in [0.05, 0.1) is 0 Å². The van der Waals surface area contributed by atoms with Gasteiger partial charge in [-0.15, -0.1) is 0 Å². The number of halogens is 2. The van der Waals surface area contributed by atoms with Gasteiger partial charge in [-0.25, -0.2) is 8.78 Å². The molecule has 0 spiro atoms. The summed E-state index contributed by atoms with van der Waals surface area (Å²) in [6.45, 7) is 6.81. The summed E-state index contributed by atoms with van der Waals surface area (Å²) in [5.74, 6) is -2.06. The first-order chi connectivity index (χ1) is 9.56. The third kappa shape index (κ3) is 5.65. The topological polar surface area (TPSA) is 32.3 Å². The number of benzene rings is 1. The molecular formula is C15H22F2N2O. The van der Waals surface area contributed by atoms with Crippen LogP contribution in [0.25, 0.3) is 0 Å². The lowest BCUT2D eigenvalue weighted by molar-refractivity contribution is -0.116. The number of carbonyl (C=O) groups is 1. The molecule has 112 valence electrons. The van der Waals surface area contributed by atoms with Crippen molar-refractivity contribution in [1.29, 1.82) is 0 Å². The number of amides is 1. The van der Waals surface area contributed by atoms with Crippen LogP contribution >= 0.6 is 0 Å². The summed E-state index contributed by atoms with van der Waals surface area (Å²) in [6, 6.07) is 3.35. The molecule has 0 atom stereocenters. The monoisotopic (exact) mass is 284 g/mol. The molecule has 0 unspecified atom stereocenters. The van der Waals surface area contributed by atoms with Crippen LogP contribution in [0.3, 0.4) is 0 Å². The van der Waals surface area contributed by atoms with E-state index in [4.69, 9.17) is 0 Å². The minimum absolute atomic E-state index is 0.187. The SMILES string of the molecule is CCCN(CCC)CCC(=O)Nc1ccc(F)c(F)c1. The lowest BCUT2D eigenvalue weighted by Gasteiger charge is -2.20. The highest BCUT2D eigenvalue weighted by atomic mass is 19.2. The van der Waals surface area contributed by atoms with Crippen molar-refractivity contribution in [2.24, 2.45) is 0 Å². The summed E-state index contributed by atoms with van der Waals surface area (Å²) < 4.78 is 25.8. The fourth-order valence-corrected chi connectivity index (χ4v) is 2.02. The summed E-state index contributed by atoms with van der Waals surface area (Å²) in [5, 5.41) is 2.58. The molecule has 0 aromatic heterocycles. The minimum atomic E-state index is -0.957. The van der Waals surface area contributed by atoms with Crippen LogP contribution in [-0.2, 0) is 4.79 Å². The lowest BCUT2D eigenvalue weighted by Crippen LogP contribution is -2.29. The molecule has 1 rings (SSSR count). The van der Waals surface area contributed by atoms with Crippen molar-refractivity contribution in [3.8, 4) is 0 Å². The quantitative estimate of drug-likeness (QED) is 0.793. The molecule has 0 saturated heterocycles. The van der Waals surface area contributed by atoms with Gasteiger partial charge in [-0.1, -0.05) is 13.8 Å². The Balaban J connectivity index is 2.44. The first kappa shape index (κ1) is 16.6. The summed E-state index contributed by atoms with van der Waals surface area (Å²) >= 11 is 0. The molecule has 1 aromatic carbocycles. The summed E-state index contributed by atoms with van der Waals surface area (Å²) in [5.41, 5.74) is 0.284. The molecule has 0 bridgehead atoms. The summed E-state index contributed by atoms with van der Waals surface area (Å²) in [4.78, 5) is 14.0. The largest absolute Gasteiger partial charge is 0.326 e. The zero-order valence-corrected chi connectivity index (χ0v) is 12.1. The van der Waals surface area contributed by atoms with Crippen LogP contribution < -0.4 is 5.32 Å². The third-order valence-corrected chi connectivity index (χ3v) is 2.94. The predicted octanol–water partition coefficient (Wildman–Crippen LogP) is 3.42. The van der Waals surface area contributed by atoms with E-state index in [1.807, 2.05) is 0 Å². The van der Waals surface area contributed by atoms with E-state index in [1.165, 1.54) is 6.07 Å². The Kier molecular flexibility index (Phi) is 7.15. The third-order valence-electron chi connectivity index (χ3n) is 2.94. The Hall–Kier alpha value is -1.49. The number of anilines is 1. The van der Waals surface area contributed by atoms with E-state index in [0.717, 1.165) is 38.1 Å². The highest BCUT2D eigenvalue weighted by molar-refractivity contribution is 5.90. The molecule has 1 N–H and O–H groups in total. The Morgan fingerprint density at radius 2 is 1.75 bits per heavy atom. The Morgan fingerprint density at radius 3 is 2.30 bits per heavy atom. The van der Waals surface area contributed by atoms with Crippen molar-refractivity contribution < 1.29 is 13.6 Å². The van der Waals surface area contributed by atoms with Gasteiger partial charge in [0.25, 0.3) is 0 Å². The lowest BCUT2D eigenvalue weighted by atomic mass is 10.2. The maximum atomic E-state index is 13.0. The molecule has 0 aliphatic heterocycles. The number of carbonyl (C=O) groups excluding carboxylic acids is 1. The van der Waals surface area contributed by atoms with E-state index in [2.05, 4.69) is 24.1 Å². The molecule has 1 amide bonds. The van der Waals surface area contributed by atoms with Gasteiger partial charge in [-0.05, 0) is 38.1 Å². The summed E-state index contributed by atoms with van der Waals surface area (Å²) in [6.07, 6.45) is 2.44. The zero-order chi connectivity index (χ0) is 15.0. The number of rotatable bonds is 8. The van der Waals surface area contributed by atoms with Crippen LogP contribution in [0.5, 0.6) is 0 Å². The molecule has 1 aromatic rings.